The lowest BCUT2D eigenvalue weighted by atomic mass is 10.2. The van der Waals surface area contributed by atoms with Gasteiger partial charge in [0.05, 0.1) is 16.8 Å². The SMILES string of the molecule is Cc1cc(S(=O)(=O)NCc2ccc(-c3cnn(C)c3)nc2)ccc1F. The smallest absolute Gasteiger partial charge is 0.240 e. The van der Waals surface area contributed by atoms with Gasteiger partial charge in [0.2, 0.25) is 10.0 Å². The van der Waals surface area contributed by atoms with E-state index in [-0.39, 0.29) is 17.0 Å². The van der Waals surface area contributed by atoms with E-state index in [0.29, 0.717) is 0 Å². The molecule has 1 N–H and O–H groups in total. The highest BCUT2D eigenvalue weighted by Gasteiger charge is 2.15. The molecule has 0 aliphatic carbocycles. The second kappa shape index (κ2) is 6.73. The molecule has 25 heavy (non-hydrogen) atoms. The van der Waals surface area contributed by atoms with Crippen LogP contribution in [0.2, 0.25) is 0 Å². The summed E-state index contributed by atoms with van der Waals surface area (Å²) in [4.78, 5) is 4.36. The molecule has 0 unspecified atom stereocenters. The molecule has 3 aromatic rings. The van der Waals surface area contributed by atoms with Gasteiger partial charge in [-0.25, -0.2) is 17.5 Å². The van der Waals surface area contributed by atoms with Gasteiger partial charge in [0.15, 0.2) is 0 Å². The summed E-state index contributed by atoms with van der Waals surface area (Å²) < 4.78 is 42.1. The Morgan fingerprint density at radius 1 is 1.20 bits per heavy atom. The third kappa shape index (κ3) is 3.92. The molecule has 2 aromatic heterocycles. The normalized spacial score (nSPS) is 11.6. The Labute approximate surface area is 145 Å². The first-order valence-electron chi connectivity index (χ1n) is 7.55. The standard InChI is InChI=1S/C17H17FN4O2S/c1-12-7-15(4-5-16(12)18)25(23,24)21-9-13-3-6-17(19-8-13)14-10-20-22(2)11-14/h3-8,10-11,21H,9H2,1-2H3. The van der Waals surface area contributed by atoms with Crippen LogP contribution in [0.4, 0.5) is 4.39 Å². The van der Waals surface area contributed by atoms with Crippen LogP contribution in [0.3, 0.4) is 0 Å². The lowest BCUT2D eigenvalue weighted by molar-refractivity contribution is 0.579. The third-order valence-corrected chi connectivity index (χ3v) is 5.13. The quantitative estimate of drug-likeness (QED) is 0.758. The van der Waals surface area contributed by atoms with Gasteiger partial charge < -0.3 is 0 Å². The predicted octanol–water partition coefficient (Wildman–Crippen LogP) is 2.41. The maximum atomic E-state index is 13.3. The molecule has 0 atom stereocenters. The first-order valence-corrected chi connectivity index (χ1v) is 9.03. The summed E-state index contributed by atoms with van der Waals surface area (Å²) in [5.41, 5.74) is 2.64. The van der Waals surface area contributed by atoms with E-state index in [1.165, 1.54) is 19.1 Å². The molecule has 0 spiro atoms. The van der Waals surface area contributed by atoms with Crippen LogP contribution in [0, 0.1) is 12.7 Å². The van der Waals surface area contributed by atoms with E-state index in [1.807, 2.05) is 19.3 Å². The van der Waals surface area contributed by atoms with Crippen molar-refractivity contribution in [2.45, 2.75) is 18.4 Å². The van der Waals surface area contributed by atoms with E-state index in [1.54, 1.807) is 23.1 Å². The third-order valence-electron chi connectivity index (χ3n) is 3.73. The number of nitrogens with one attached hydrogen (secondary N) is 1. The molecule has 1 aromatic carbocycles. The fraction of sp³-hybridized carbons (Fsp3) is 0.176. The maximum Gasteiger partial charge on any atom is 0.240 e. The molecule has 0 saturated heterocycles. The molecule has 3 rings (SSSR count). The summed E-state index contributed by atoms with van der Waals surface area (Å²) >= 11 is 0. The molecule has 0 aliphatic heterocycles. The van der Waals surface area contributed by atoms with Crippen molar-refractivity contribution in [2.24, 2.45) is 7.05 Å². The number of aromatic nitrogens is 3. The zero-order chi connectivity index (χ0) is 18.0. The van der Waals surface area contributed by atoms with Crippen LogP contribution in [0.1, 0.15) is 11.1 Å². The van der Waals surface area contributed by atoms with E-state index in [0.717, 1.165) is 22.9 Å². The highest BCUT2D eigenvalue weighted by molar-refractivity contribution is 7.89. The van der Waals surface area contributed by atoms with Crippen molar-refractivity contribution in [3.05, 3.63) is 65.9 Å². The number of hydrogen-bond donors (Lipinski definition) is 1. The number of sulfonamides is 1. The minimum absolute atomic E-state index is 0.0336. The summed E-state index contributed by atoms with van der Waals surface area (Å²) in [6.07, 6.45) is 5.17. The molecule has 0 radical (unpaired) electrons. The Morgan fingerprint density at radius 2 is 2.00 bits per heavy atom. The van der Waals surface area contributed by atoms with E-state index < -0.39 is 15.8 Å². The zero-order valence-corrected chi connectivity index (χ0v) is 14.6. The first kappa shape index (κ1) is 17.2. The minimum Gasteiger partial charge on any atom is -0.275 e. The van der Waals surface area contributed by atoms with Crippen molar-refractivity contribution in [2.75, 3.05) is 0 Å². The van der Waals surface area contributed by atoms with Crippen molar-refractivity contribution in [1.29, 1.82) is 0 Å². The fourth-order valence-corrected chi connectivity index (χ4v) is 3.40. The molecular formula is C17H17FN4O2S. The predicted molar refractivity (Wildman–Crippen MR) is 91.6 cm³/mol. The van der Waals surface area contributed by atoms with Gasteiger partial charge in [-0.1, -0.05) is 6.07 Å². The van der Waals surface area contributed by atoms with E-state index in [2.05, 4.69) is 14.8 Å². The second-order valence-electron chi connectivity index (χ2n) is 5.69. The summed E-state index contributed by atoms with van der Waals surface area (Å²) in [7, 11) is -1.89. The summed E-state index contributed by atoms with van der Waals surface area (Å²) in [6.45, 7) is 1.62. The Balaban J connectivity index is 1.71. The number of benzene rings is 1. The average Bonchev–Trinajstić information content (AvgIpc) is 3.02. The molecule has 0 amide bonds. The van der Waals surface area contributed by atoms with Crippen LogP contribution < -0.4 is 4.72 Å². The molecule has 8 heteroatoms. The van der Waals surface area contributed by atoms with Gasteiger partial charge in [-0.3, -0.25) is 9.67 Å². The van der Waals surface area contributed by atoms with Crippen LogP contribution in [-0.2, 0) is 23.6 Å². The van der Waals surface area contributed by atoms with E-state index in [9.17, 15) is 12.8 Å². The maximum absolute atomic E-state index is 13.3. The van der Waals surface area contributed by atoms with E-state index >= 15 is 0 Å². The molecule has 130 valence electrons. The number of rotatable bonds is 5. The van der Waals surface area contributed by atoms with Crippen LogP contribution in [0.5, 0.6) is 0 Å². The molecule has 0 fully saturated rings. The van der Waals surface area contributed by atoms with Crippen molar-refractivity contribution in [3.63, 3.8) is 0 Å². The molecule has 0 aliphatic rings. The van der Waals surface area contributed by atoms with Gasteiger partial charge >= 0.3 is 0 Å². The van der Waals surface area contributed by atoms with Gasteiger partial charge in [-0.05, 0) is 42.3 Å². The van der Waals surface area contributed by atoms with Gasteiger partial charge in [0.25, 0.3) is 0 Å². The number of nitrogens with zero attached hydrogens (tertiary/aromatic N) is 3. The summed E-state index contributed by atoms with van der Waals surface area (Å²) in [6, 6.07) is 7.31. The van der Waals surface area contributed by atoms with Crippen molar-refractivity contribution in [1.82, 2.24) is 19.5 Å². The topological polar surface area (TPSA) is 76.9 Å². The van der Waals surface area contributed by atoms with Crippen LogP contribution in [0.15, 0.2) is 53.8 Å². The average molecular weight is 360 g/mol. The van der Waals surface area contributed by atoms with Crippen LogP contribution in [0.25, 0.3) is 11.3 Å². The van der Waals surface area contributed by atoms with E-state index in [4.69, 9.17) is 0 Å². The Hall–Kier alpha value is -2.58. The van der Waals surface area contributed by atoms with Crippen LogP contribution in [-0.4, -0.2) is 23.2 Å². The van der Waals surface area contributed by atoms with Gasteiger partial charge in [-0.2, -0.15) is 5.10 Å². The number of hydrogen-bond acceptors (Lipinski definition) is 4. The number of aryl methyl sites for hydroxylation is 2. The van der Waals surface area contributed by atoms with Crippen molar-refractivity contribution < 1.29 is 12.8 Å². The monoisotopic (exact) mass is 360 g/mol. The van der Waals surface area contributed by atoms with Crippen molar-refractivity contribution in [3.8, 4) is 11.3 Å². The lowest BCUT2D eigenvalue weighted by Crippen LogP contribution is -2.23. The first-order chi connectivity index (χ1) is 11.8. The fourth-order valence-electron chi connectivity index (χ4n) is 2.30. The summed E-state index contributed by atoms with van der Waals surface area (Å²) in [5.74, 6) is -0.436. The molecule has 6 nitrogen and oxygen atoms in total. The molecular weight excluding hydrogens is 343 g/mol. The Bertz CT molecular complexity index is 998. The Kier molecular flexibility index (Phi) is 4.65. The minimum atomic E-state index is -3.71. The second-order valence-corrected chi connectivity index (χ2v) is 7.46. The van der Waals surface area contributed by atoms with Gasteiger partial charge in [0, 0.05) is 31.5 Å². The van der Waals surface area contributed by atoms with Crippen LogP contribution >= 0.6 is 0 Å². The molecule has 0 saturated carbocycles. The summed E-state index contributed by atoms with van der Waals surface area (Å²) in [5, 5.41) is 4.09. The lowest BCUT2D eigenvalue weighted by Gasteiger charge is -2.08. The van der Waals surface area contributed by atoms with Gasteiger partial charge in [-0.15, -0.1) is 0 Å². The zero-order valence-electron chi connectivity index (χ0n) is 13.8. The largest absolute Gasteiger partial charge is 0.275 e. The number of halogens is 1. The van der Waals surface area contributed by atoms with Crippen molar-refractivity contribution >= 4 is 10.0 Å². The highest BCUT2D eigenvalue weighted by Crippen LogP contribution is 2.17. The number of pyridine rings is 1. The molecule has 0 bridgehead atoms. The van der Waals surface area contributed by atoms with Gasteiger partial charge in [0.1, 0.15) is 5.82 Å². The highest BCUT2D eigenvalue weighted by atomic mass is 32.2. The molecule has 2 heterocycles. The Morgan fingerprint density at radius 3 is 2.60 bits per heavy atom.